The first-order valence-electron chi connectivity index (χ1n) is 9.96. The molecule has 2 aromatic rings. The van der Waals surface area contributed by atoms with Crippen LogP contribution in [0.5, 0.6) is 0 Å². The van der Waals surface area contributed by atoms with Crippen molar-refractivity contribution in [2.75, 3.05) is 19.6 Å². The van der Waals surface area contributed by atoms with Crippen molar-refractivity contribution >= 4 is 33.8 Å². The van der Waals surface area contributed by atoms with E-state index in [0.717, 1.165) is 55.9 Å². The molecule has 2 fully saturated rings. The fraction of sp³-hybridized carbons (Fsp3) is 0.476. The Bertz CT molecular complexity index is 882. The molecule has 4 rings (SSSR count). The highest BCUT2D eigenvalue weighted by atomic mass is 35.5. The first-order valence-corrected chi connectivity index (χ1v) is 11.2. The minimum absolute atomic E-state index is 0.175. The third-order valence-electron chi connectivity index (χ3n) is 5.57. The van der Waals surface area contributed by atoms with Gasteiger partial charge < -0.3 is 4.90 Å². The van der Waals surface area contributed by atoms with Gasteiger partial charge in [0.1, 0.15) is 0 Å². The molecule has 1 aromatic carbocycles. The van der Waals surface area contributed by atoms with Crippen molar-refractivity contribution in [3.05, 3.63) is 62.0 Å². The highest BCUT2D eigenvalue weighted by Gasteiger charge is 2.36. The number of thiophene rings is 1. The predicted molar refractivity (Wildman–Crippen MR) is 114 cm³/mol. The number of carbonyl (C=O) groups is 1. The normalized spacial score (nSPS) is 19.1. The Morgan fingerprint density at radius 3 is 2.59 bits per heavy atom. The number of carbonyl (C=O) groups excluding carboxylic acids is 1. The summed E-state index contributed by atoms with van der Waals surface area (Å²) >= 11 is 7.24. The minimum Gasteiger partial charge on any atom is -0.342 e. The van der Waals surface area contributed by atoms with Crippen LogP contribution in [-0.2, 0) is 17.9 Å². The monoisotopic (exact) mass is 433 g/mol. The van der Waals surface area contributed by atoms with Gasteiger partial charge in [-0.1, -0.05) is 35.1 Å². The zero-order valence-electron chi connectivity index (χ0n) is 16.1. The molecule has 8 heteroatoms. The molecule has 29 heavy (non-hydrogen) atoms. The first-order chi connectivity index (χ1) is 14.0. The van der Waals surface area contributed by atoms with Gasteiger partial charge in [0.15, 0.2) is 0 Å². The average Bonchev–Trinajstić information content (AvgIpc) is 3.26. The van der Waals surface area contributed by atoms with E-state index in [1.165, 1.54) is 11.3 Å². The second kappa shape index (κ2) is 8.81. The van der Waals surface area contributed by atoms with E-state index in [1.54, 1.807) is 6.07 Å². The maximum atomic E-state index is 12.4. The average molecular weight is 434 g/mol. The first kappa shape index (κ1) is 20.3. The minimum atomic E-state index is -0.337. The zero-order valence-corrected chi connectivity index (χ0v) is 17.7. The van der Waals surface area contributed by atoms with Crippen LogP contribution in [0.1, 0.15) is 29.7 Å². The number of nitrogens with zero attached hydrogens (tertiary/aromatic N) is 3. The molecule has 1 amide bonds. The lowest BCUT2D eigenvalue weighted by atomic mass is 10.1. The predicted octanol–water partition coefficient (Wildman–Crippen LogP) is 4.57. The van der Waals surface area contributed by atoms with Crippen LogP contribution in [-0.4, -0.2) is 40.3 Å². The summed E-state index contributed by atoms with van der Waals surface area (Å²) in [6.07, 6.45) is 3.10. The smallest absolute Gasteiger partial charge is 0.324 e. The highest BCUT2D eigenvalue weighted by molar-refractivity contribution is 7.15. The summed E-state index contributed by atoms with van der Waals surface area (Å²) < 4.78 is 0. The van der Waals surface area contributed by atoms with Crippen molar-refractivity contribution in [2.24, 2.45) is 11.8 Å². The van der Waals surface area contributed by atoms with Crippen LogP contribution in [0.3, 0.4) is 0 Å². The second-order valence-corrected chi connectivity index (χ2v) is 9.59. The number of hydrogen-bond donors (Lipinski definition) is 0. The number of halogens is 1. The quantitative estimate of drug-likeness (QED) is 0.451. The van der Waals surface area contributed by atoms with Crippen LogP contribution in [0.25, 0.3) is 0 Å². The second-order valence-electron chi connectivity index (χ2n) is 8.01. The lowest BCUT2D eigenvalue weighted by Gasteiger charge is -2.25. The Balaban J connectivity index is 1.42. The summed E-state index contributed by atoms with van der Waals surface area (Å²) in [4.78, 5) is 28.4. The van der Waals surface area contributed by atoms with Crippen LogP contribution in [0.2, 0.25) is 5.02 Å². The van der Waals surface area contributed by atoms with E-state index in [1.807, 2.05) is 35.2 Å². The molecular weight excluding hydrogens is 410 g/mol. The molecule has 1 atom stereocenters. The van der Waals surface area contributed by atoms with E-state index in [-0.39, 0.29) is 15.8 Å². The third-order valence-corrected chi connectivity index (χ3v) is 6.84. The molecule has 1 aliphatic carbocycles. The molecule has 1 saturated heterocycles. The van der Waals surface area contributed by atoms with Gasteiger partial charge >= 0.3 is 5.00 Å². The maximum absolute atomic E-state index is 12.4. The number of benzene rings is 1. The lowest BCUT2D eigenvalue weighted by Crippen LogP contribution is -2.33. The van der Waals surface area contributed by atoms with Crippen molar-refractivity contribution in [2.45, 2.75) is 32.4 Å². The lowest BCUT2D eigenvalue weighted by molar-refractivity contribution is -0.380. The van der Waals surface area contributed by atoms with Gasteiger partial charge in [0.05, 0.1) is 4.92 Å². The Hall–Kier alpha value is -1.96. The van der Waals surface area contributed by atoms with Gasteiger partial charge in [-0.25, -0.2) is 0 Å². The van der Waals surface area contributed by atoms with E-state index in [0.29, 0.717) is 23.4 Å². The highest BCUT2D eigenvalue weighted by Crippen LogP contribution is 2.33. The van der Waals surface area contributed by atoms with E-state index in [4.69, 9.17) is 11.6 Å². The van der Waals surface area contributed by atoms with E-state index in [2.05, 4.69) is 4.90 Å². The zero-order chi connectivity index (χ0) is 20.4. The number of amides is 1. The fourth-order valence-electron chi connectivity index (χ4n) is 3.94. The number of hydrogen-bond acceptors (Lipinski definition) is 5. The topological polar surface area (TPSA) is 66.7 Å². The van der Waals surface area contributed by atoms with Crippen molar-refractivity contribution in [1.29, 1.82) is 0 Å². The summed E-state index contributed by atoms with van der Waals surface area (Å²) in [7, 11) is 0. The summed E-state index contributed by atoms with van der Waals surface area (Å²) in [6.45, 7) is 3.93. The van der Waals surface area contributed by atoms with Gasteiger partial charge in [0.25, 0.3) is 0 Å². The molecule has 0 spiro atoms. The molecule has 154 valence electrons. The summed E-state index contributed by atoms with van der Waals surface area (Å²) in [5.41, 5.74) is 1.16. The molecule has 2 aliphatic rings. The van der Waals surface area contributed by atoms with E-state index in [9.17, 15) is 14.9 Å². The van der Waals surface area contributed by atoms with Gasteiger partial charge in [-0.15, -0.1) is 0 Å². The Morgan fingerprint density at radius 1 is 1.17 bits per heavy atom. The van der Waals surface area contributed by atoms with Crippen molar-refractivity contribution < 1.29 is 9.72 Å². The van der Waals surface area contributed by atoms with E-state index < -0.39 is 0 Å². The van der Waals surface area contributed by atoms with Gasteiger partial charge in [-0.3, -0.25) is 19.8 Å². The van der Waals surface area contributed by atoms with Crippen LogP contribution >= 0.6 is 22.9 Å². The molecule has 1 aromatic heterocycles. The Labute approximate surface area is 179 Å². The van der Waals surface area contributed by atoms with Gasteiger partial charge in [0.2, 0.25) is 5.91 Å². The SMILES string of the molecule is O=C(C1CC1)N1CCC(CN(Cc2ccc(Cl)cc2)Cc2ccc([N+](=O)[O-])s2)C1. The maximum Gasteiger partial charge on any atom is 0.324 e. The van der Waals surface area contributed by atoms with Gasteiger partial charge in [-0.2, -0.15) is 0 Å². The molecule has 0 bridgehead atoms. The van der Waals surface area contributed by atoms with Crippen molar-refractivity contribution in [1.82, 2.24) is 9.80 Å². The summed E-state index contributed by atoms with van der Waals surface area (Å²) in [6, 6.07) is 11.2. The Kier molecular flexibility index (Phi) is 6.18. The van der Waals surface area contributed by atoms with Gasteiger partial charge in [-0.05, 0) is 48.9 Å². The number of nitro groups is 1. The number of rotatable bonds is 8. The van der Waals surface area contributed by atoms with Crippen molar-refractivity contribution in [3.8, 4) is 0 Å². The molecule has 6 nitrogen and oxygen atoms in total. The molecule has 0 radical (unpaired) electrons. The van der Waals surface area contributed by atoms with E-state index >= 15 is 0 Å². The molecule has 1 aliphatic heterocycles. The largest absolute Gasteiger partial charge is 0.342 e. The Morgan fingerprint density at radius 2 is 1.93 bits per heavy atom. The summed E-state index contributed by atoms with van der Waals surface area (Å²) in [5.74, 6) is 1.02. The summed E-state index contributed by atoms with van der Waals surface area (Å²) in [5, 5.41) is 11.9. The molecule has 1 unspecified atom stereocenters. The standard InChI is InChI=1S/C21H24ClN3O3S/c22-18-5-1-15(2-6-18)11-23(14-19-7-8-20(29-19)25(27)28)12-16-9-10-24(13-16)21(26)17-3-4-17/h1-2,5-8,16-17H,3-4,9-14H2. The molecule has 0 N–H and O–H groups in total. The van der Waals surface area contributed by atoms with Crippen LogP contribution in [0.4, 0.5) is 5.00 Å². The number of likely N-dealkylation sites (tertiary alicyclic amines) is 1. The molecule has 2 heterocycles. The molecular formula is C21H24ClN3O3S. The van der Waals surface area contributed by atoms with Gasteiger partial charge in [0, 0.05) is 54.6 Å². The van der Waals surface area contributed by atoms with Crippen LogP contribution in [0.15, 0.2) is 36.4 Å². The molecule has 1 saturated carbocycles. The van der Waals surface area contributed by atoms with Crippen molar-refractivity contribution in [3.63, 3.8) is 0 Å². The third kappa shape index (κ3) is 5.35. The van der Waals surface area contributed by atoms with Crippen LogP contribution in [0, 0.1) is 22.0 Å². The fourth-order valence-corrected chi connectivity index (χ4v) is 4.93. The van der Waals surface area contributed by atoms with Crippen LogP contribution < -0.4 is 0 Å².